The van der Waals surface area contributed by atoms with Gasteiger partial charge in [-0.2, -0.15) is 0 Å². The zero-order valence-corrected chi connectivity index (χ0v) is 12.3. The first-order valence-electron chi connectivity index (χ1n) is 5.83. The summed E-state index contributed by atoms with van der Waals surface area (Å²) in [4.78, 5) is 28.6. The predicted octanol–water partition coefficient (Wildman–Crippen LogP) is 1.78. The maximum Gasteiger partial charge on any atom is 0.326 e. The number of carbonyl (C=O) groups excluding carboxylic acids is 1. The average Bonchev–Trinajstić information content (AvgIpc) is 2.75. The monoisotopic (exact) mass is 285 g/mol. The molecule has 0 bridgehead atoms. The van der Waals surface area contributed by atoms with Gasteiger partial charge in [0.05, 0.1) is 17.7 Å². The molecule has 106 valence electrons. The number of rotatable bonds is 4. The number of carboxylic acids is 1. The van der Waals surface area contributed by atoms with Crippen molar-refractivity contribution >= 4 is 23.3 Å². The van der Waals surface area contributed by atoms with Crippen LogP contribution in [-0.4, -0.2) is 40.1 Å². The van der Waals surface area contributed by atoms with E-state index in [2.05, 4.69) is 10.3 Å². The van der Waals surface area contributed by atoms with Gasteiger partial charge >= 0.3 is 12.0 Å². The van der Waals surface area contributed by atoms with E-state index in [0.29, 0.717) is 6.54 Å². The summed E-state index contributed by atoms with van der Waals surface area (Å²) in [5, 5.41) is 13.5. The number of hydrogen-bond donors (Lipinski definition) is 2. The third-order valence-electron chi connectivity index (χ3n) is 2.61. The number of thiazole rings is 1. The lowest BCUT2D eigenvalue weighted by Gasteiger charge is -2.29. The molecule has 0 fully saturated rings. The molecule has 0 saturated carbocycles. The molecule has 2 amide bonds. The van der Waals surface area contributed by atoms with Crippen molar-refractivity contribution in [2.24, 2.45) is 5.41 Å². The molecule has 19 heavy (non-hydrogen) atoms. The number of carboxylic acid groups (broad SMARTS) is 1. The van der Waals surface area contributed by atoms with Gasteiger partial charge in [-0.3, -0.25) is 0 Å². The summed E-state index contributed by atoms with van der Waals surface area (Å²) in [5.41, 5.74) is 1.92. The smallest absolute Gasteiger partial charge is 0.326 e. The van der Waals surface area contributed by atoms with E-state index in [4.69, 9.17) is 5.11 Å². The third-order valence-corrected chi connectivity index (χ3v) is 3.25. The average molecular weight is 285 g/mol. The van der Waals surface area contributed by atoms with Gasteiger partial charge in [-0.05, 0) is 5.41 Å². The van der Waals surface area contributed by atoms with Gasteiger partial charge < -0.3 is 15.3 Å². The van der Waals surface area contributed by atoms with Crippen LogP contribution in [0.5, 0.6) is 0 Å². The second-order valence-electron chi connectivity index (χ2n) is 5.42. The minimum absolute atomic E-state index is 0.353. The second kappa shape index (κ2) is 6.01. The van der Waals surface area contributed by atoms with Crippen LogP contribution in [0, 0.1) is 5.41 Å². The molecule has 1 heterocycles. The Balaban J connectivity index is 2.64. The molecular formula is C12H19N3O3S. The molecular weight excluding hydrogens is 266 g/mol. The summed E-state index contributed by atoms with van der Waals surface area (Å²) in [5.74, 6) is -1.04. The number of aliphatic carboxylic acids is 1. The first-order chi connectivity index (χ1) is 8.71. The maximum atomic E-state index is 12.0. The molecule has 0 saturated heterocycles. The van der Waals surface area contributed by atoms with Crippen LogP contribution in [0.25, 0.3) is 0 Å². The highest BCUT2D eigenvalue weighted by atomic mass is 32.1. The van der Waals surface area contributed by atoms with E-state index in [1.807, 2.05) is 5.38 Å². The predicted molar refractivity (Wildman–Crippen MR) is 73.0 cm³/mol. The Morgan fingerprint density at radius 3 is 2.58 bits per heavy atom. The van der Waals surface area contributed by atoms with Crippen LogP contribution in [0.3, 0.4) is 0 Å². The van der Waals surface area contributed by atoms with Gasteiger partial charge in [0.25, 0.3) is 0 Å². The lowest BCUT2D eigenvalue weighted by atomic mass is 9.87. The van der Waals surface area contributed by atoms with Crippen LogP contribution in [0.4, 0.5) is 4.79 Å². The molecule has 2 N–H and O–H groups in total. The lowest BCUT2D eigenvalue weighted by molar-refractivity contribution is -0.142. The fourth-order valence-corrected chi connectivity index (χ4v) is 2.06. The Bertz CT molecular complexity index is 440. The number of hydrogen-bond acceptors (Lipinski definition) is 4. The number of urea groups is 1. The molecule has 0 unspecified atom stereocenters. The SMILES string of the molecule is CN(Cc1cscn1)C(=O)N[C@@H](C(=O)O)C(C)(C)C. The highest BCUT2D eigenvalue weighted by molar-refractivity contribution is 7.07. The molecule has 6 nitrogen and oxygen atoms in total. The van der Waals surface area contributed by atoms with Gasteiger partial charge in [-0.15, -0.1) is 11.3 Å². The standard InChI is InChI=1S/C12H19N3O3S/c1-12(2,3)9(10(16)17)14-11(18)15(4)5-8-6-19-7-13-8/h6-7,9H,5H2,1-4H3,(H,14,18)(H,16,17)/t9-/m0/s1. The van der Waals surface area contributed by atoms with Crippen molar-refractivity contribution in [3.05, 3.63) is 16.6 Å². The topological polar surface area (TPSA) is 82.5 Å². The van der Waals surface area contributed by atoms with Gasteiger partial charge in [-0.1, -0.05) is 20.8 Å². The minimum atomic E-state index is -1.04. The van der Waals surface area contributed by atoms with Crippen molar-refractivity contribution in [1.82, 2.24) is 15.2 Å². The Labute approximate surface area is 116 Å². The Kier molecular flexibility index (Phi) is 4.88. The van der Waals surface area contributed by atoms with Gasteiger partial charge in [0.2, 0.25) is 0 Å². The zero-order chi connectivity index (χ0) is 14.6. The van der Waals surface area contributed by atoms with Gasteiger partial charge in [0, 0.05) is 12.4 Å². The van der Waals surface area contributed by atoms with Crippen LogP contribution in [0.1, 0.15) is 26.5 Å². The first-order valence-corrected chi connectivity index (χ1v) is 6.77. The van der Waals surface area contributed by atoms with Crippen LogP contribution in [0.2, 0.25) is 0 Å². The second-order valence-corrected chi connectivity index (χ2v) is 6.14. The first kappa shape index (κ1) is 15.4. The van der Waals surface area contributed by atoms with Gasteiger partial charge in [0.1, 0.15) is 6.04 Å². The number of amides is 2. The summed E-state index contributed by atoms with van der Waals surface area (Å²) < 4.78 is 0. The van der Waals surface area contributed by atoms with E-state index in [1.165, 1.54) is 16.2 Å². The summed E-state index contributed by atoms with van der Waals surface area (Å²) in [6.07, 6.45) is 0. The van der Waals surface area contributed by atoms with Crippen LogP contribution in [0.15, 0.2) is 10.9 Å². The van der Waals surface area contributed by atoms with E-state index < -0.39 is 23.5 Å². The summed E-state index contributed by atoms with van der Waals surface area (Å²) in [6, 6.07) is -1.35. The molecule has 1 aromatic heterocycles. The minimum Gasteiger partial charge on any atom is -0.480 e. The maximum absolute atomic E-state index is 12.0. The fourth-order valence-electron chi connectivity index (χ4n) is 1.51. The molecule has 1 aromatic rings. The van der Waals surface area contributed by atoms with Gasteiger partial charge in [0.15, 0.2) is 0 Å². The van der Waals surface area contributed by atoms with Crippen molar-refractivity contribution in [2.75, 3.05) is 7.05 Å². The van der Waals surface area contributed by atoms with Crippen molar-refractivity contribution in [1.29, 1.82) is 0 Å². The van der Waals surface area contributed by atoms with E-state index in [9.17, 15) is 9.59 Å². The van der Waals surface area contributed by atoms with Crippen LogP contribution in [-0.2, 0) is 11.3 Å². The third kappa shape index (κ3) is 4.51. The molecule has 1 rings (SSSR count). The summed E-state index contributed by atoms with van der Waals surface area (Å²) in [6.45, 7) is 5.66. The molecule has 0 spiro atoms. The van der Waals surface area contributed by atoms with E-state index in [1.54, 1.807) is 33.3 Å². The molecule has 0 aliphatic carbocycles. The van der Waals surface area contributed by atoms with Crippen LogP contribution < -0.4 is 5.32 Å². The molecule has 1 atom stereocenters. The number of carbonyl (C=O) groups is 2. The molecule has 0 aliphatic heterocycles. The number of aromatic nitrogens is 1. The molecule has 0 aromatic carbocycles. The molecule has 0 aliphatic rings. The van der Waals surface area contributed by atoms with Crippen LogP contribution >= 0.6 is 11.3 Å². The Morgan fingerprint density at radius 2 is 2.16 bits per heavy atom. The zero-order valence-electron chi connectivity index (χ0n) is 11.5. The van der Waals surface area contributed by atoms with Crippen molar-refractivity contribution in [3.8, 4) is 0 Å². The van der Waals surface area contributed by atoms with Gasteiger partial charge in [-0.25, -0.2) is 14.6 Å². The van der Waals surface area contributed by atoms with Crippen molar-refractivity contribution in [3.63, 3.8) is 0 Å². The molecule has 7 heteroatoms. The van der Waals surface area contributed by atoms with E-state index in [-0.39, 0.29) is 0 Å². The fraction of sp³-hybridized carbons (Fsp3) is 0.583. The highest BCUT2D eigenvalue weighted by Gasteiger charge is 2.33. The normalized spacial score (nSPS) is 12.8. The quantitative estimate of drug-likeness (QED) is 0.883. The van der Waals surface area contributed by atoms with E-state index >= 15 is 0 Å². The molecule has 0 radical (unpaired) electrons. The Hall–Kier alpha value is -1.63. The summed E-state index contributed by atoms with van der Waals surface area (Å²) in [7, 11) is 1.61. The number of nitrogens with zero attached hydrogens (tertiary/aromatic N) is 2. The van der Waals surface area contributed by atoms with Crippen molar-refractivity contribution < 1.29 is 14.7 Å². The lowest BCUT2D eigenvalue weighted by Crippen LogP contribution is -2.52. The summed E-state index contributed by atoms with van der Waals surface area (Å²) >= 11 is 1.45. The Morgan fingerprint density at radius 1 is 1.53 bits per heavy atom. The van der Waals surface area contributed by atoms with Crippen molar-refractivity contribution in [2.45, 2.75) is 33.4 Å². The van der Waals surface area contributed by atoms with E-state index in [0.717, 1.165) is 5.69 Å². The largest absolute Gasteiger partial charge is 0.480 e. The highest BCUT2D eigenvalue weighted by Crippen LogP contribution is 2.19. The number of nitrogens with one attached hydrogen (secondary N) is 1.